The van der Waals surface area contributed by atoms with Gasteiger partial charge in [-0.3, -0.25) is 4.99 Å². The monoisotopic (exact) mass is 293 g/mol. The van der Waals surface area contributed by atoms with Crippen LogP contribution in [0.4, 0.5) is 0 Å². The van der Waals surface area contributed by atoms with Crippen LogP contribution in [0.15, 0.2) is 46.3 Å². The normalized spacial score (nSPS) is 13.3. The average molecular weight is 293 g/mol. The SMILES string of the molecule is CN=C(C=CCCC(C)C)c1ccc(S(C)(=O)=O)cc1. The molecule has 0 saturated heterocycles. The number of hydrogen-bond donors (Lipinski definition) is 0. The maximum absolute atomic E-state index is 11.4. The van der Waals surface area contributed by atoms with Crippen molar-refractivity contribution in [3.8, 4) is 0 Å². The zero-order chi connectivity index (χ0) is 15.2. The minimum absolute atomic E-state index is 0.334. The molecule has 0 amide bonds. The molecule has 0 spiro atoms. The molecule has 3 nitrogen and oxygen atoms in total. The summed E-state index contributed by atoms with van der Waals surface area (Å²) in [6.07, 6.45) is 7.51. The lowest BCUT2D eigenvalue weighted by Gasteiger charge is -2.03. The van der Waals surface area contributed by atoms with E-state index in [4.69, 9.17) is 0 Å². The van der Waals surface area contributed by atoms with Crippen molar-refractivity contribution in [2.75, 3.05) is 13.3 Å². The molecule has 0 aromatic heterocycles. The molecule has 20 heavy (non-hydrogen) atoms. The first kappa shape index (κ1) is 16.6. The van der Waals surface area contributed by atoms with Crippen LogP contribution >= 0.6 is 0 Å². The molecule has 0 aliphatic rings. The maximum Gasteiger partial charge on any atom is 0.175 e. The van der Waals surface area contributed by atoms with E-state index in [9.17, 15) is 8.42 Å². The van der Waals surface area contributed by atoms with Crippen molar-refractivity contribution in [2.45, 2.75) is 31.6 Å². The number of benzene rings is 1. The number of sulfone groups is 1. The van der Waals surface area contributed by atoms with E-state index in [1.54, 1.807) is 31.3 Å². The number of rotatable bonds is 6. The molecular weight excluding hydrogens is 270 g/mol. The van der Waals surface area contributed by atoms with Gasteiger partial charge in [0.1, 0.15) is 0 Å². The smallest absolute Gasteiger partial charge is 0.175 e. The van der Waals surface area contributed by atoms with Crippen LogP contribution in [0.1, 0.15) is 32.3 Å². The van der Waals surface area contributed by atoms with Gasteiger partial charge in [-0.05, 0) is 42.5 Å². The number of aliphatic imine (C=N–C) groups is 1. The third-order valence-corrected chi connectivity index (χ3v) is 4.13. The van der Waals surface area contributed by atoms with Gasteiger partial charge in [0, 0.05) is 13.3 Å². The summed E-state index contributed by atoms with van der Waals surface area (Å²) in [4.78, 5) is 4.58. The Hall–Kier alpha value is -1.42. The highest BCUT2D eigenvalue weighted by Gasteiger charge is 2.07. The Kier molecular flexibility index (Phi) is 6.14. The summed E-state index contributed by atoms with van der Waals surface area (Å²) in [5.41, 5.74) is 1.80. The minimum Gasteiger partial charge on any atom is -0.288 e. The second-order valence-corrected chi connectivity index (χ2v) is 7.29. The van der Waals surface area contributed by atoms with Crippen LogP contribution in [0, 0.1) is 5.92 Å². The molecular formula is C16H23NO2S. The summed E-state index contributed by atoms with van der Waals surface area (Å²) < 4.78 is 22.8. The fourth-order valence-corrected chi connectivity index (χ4v) is 2.43. The molecule has 0 bridgehead atoms. The van der Waals surface area contributed by atoms with Gasteiger partial charge in [0.05, 0.1) is 10.6 Å². The summed E-state index contributed by atoms with van der Waals surface area (Å²) in [6.45, 7) is 4.40. The fraction of sp³-hybridized carbons (Fsp3) is 0.438. The summed E-state index contributed by atoms with van der Waals surface area (Å²) >= 11 is 0. The molecule has 0 aliphatic carbocycles. The molecule has 0 heterocycles. The Bertz CT molecular complexity index is 581. The Morgan fingerprint density at radius 3 is 2.30 bits per heavy atom. The second kappa shape index (κ2) is 7.39. The highest BCUT2D eigenvalue weighted by molar-refractivity contribution is 7.90. The van der Waals surface area contributed by atoms with Gasteiger partial charge < -0.3 is 0 Å². The number of hydrogen-bond acceptors (Lipinski definition) is 3. The van der Waals surface area contributed by atoms with Gasteiger partial charge in [0.25, 0.3) is 0 Å². The third kappa shape index (κ3) is 5.29. The van der Waals surface area contributed by atoms with Crippen molar-refractivity contribution in [2.24, 2.45) is 10.9 Å². The molecule has 110 valence electrons. The lowest BCUT2D eigenvalue weighted by atomic mass is 10.1. The van der Waals surface area contributed by atoms with Gasteiger partial charge in [-0.25, -0.2) is 8.42 Å². The standard InChI is InChI=1S/C16H23NO2S/c1-13(2)7-5-6-8-16(17-3)14-9-11-15(12-10-14)20(4,18)19/h6,8-13H,5,7H2,1-4H3. The van der Waals surface area contributed by atoms with E-state index in [0.717, 1.165) is 24.1 Å². The molecule has 0 fully saturated rings. The highest BCUT2D eigenvalue weighted by Crippen LogP contribution is 2.12. The zero-order valence-electron chi connectivity index (χ0n) is 12.6. The van der Waals surface area contributed by atoms with Crippen LogP contribution in [-0.2, 0) is 9.84 Å². The second-order valence-electron chi connectivity index (χ2n) is 5.28. The van der Waals surface area contributed by atoms with E-state index in [-0.39, 0.29) is 0 Å². The molecule has 0 radical (unpaired) electrons. The summed E-state index contributed by atoms with van der Waals surface area (Å²) in [7, 11) is -1.40. The van der Waals surface area contributed by atoms with Crippen LogP contribution in [0.2, 0.25) is 0 Å². The van der Waals surface area contributed by atoms with E-state index in [0.29, 0.717) is 10.8 Å². The lowest BCUT2D eigenvalue weighted by molar-refractivity contribution is 0.594. The Labute approximate surface area is 122 Å². The van der Waals surface area contributed by atoms with Gasteiger partial charge in [-0.2, -0.15) is 0 Å². The van der Waals surface area contributed by atoms with Crippen molar-refractivity contribution in [3.05, 3.63) is 42.0 Å². The third-order valence-electron chi connectivity index (χ3n) is 3.01. The van der Waals surface area contributed by atoms with Crippen molar-refractivity contribution in [1.82, 2.24) is 0 Å². The largest absolute Gasteiger partial charge is 0.288 e. The van der Waals surface area contributed by atoms with Gasteiger partial charge in [0.15, 0.2) is 9.84 Å². The van der Waals surface area contributed by atoms with Gasteiger partial charge >= 0.3 is 0 Å². The first-order chi connectivity index (χ1) is 9.34. The molecule has 1 aromatic rings. The average Bonchev–Trinajstić information content (AvgIpc) is 2.38. The lowest BCUT2D eigenvalue weighted by Crippen LogP contribution is -2.00. The van der Waals surface area contributed by atoms with Crippen LogP contribution < -0.4 is 0 Å². The van der Waals surface area contributed by atoms with Crippen LogP contribution in [-0.4, -0.2) is 27.4 Å². The van der Waals surface area contributed by atoms with E-state index in [1.165, 1.54) is 6.26 Å². The molecule has 0 saturated carbocycles. The van der Waals surface area contributed by atoms with Crippen LogP contribution in [0.5, 0.6) is 0 Å². The molecule has 0 atom stereocenters. The predicted octanol–water partition coefficient (Wildman–Crippen LogP) is 3.50. The summed E-state index contributed by atoms with van der Waals surface area (Å²) in [5.74, 6) is 0.690. The molecule has 1 rings (SSSR count). The molecule has 0 aliphatic heterocycles. The van der Waals surface area contributed by atoms with Gasteiger partial charge in [0.2, 0.25) is 0 Å². The van der Waals surface area contributed by atoms with E-state index in [1.807, 2.05) is 6.08 Å². The van der Waals surface area contributed by atoms with Crippen molar-refractivity contribution >= 4 is 15.5 Å². The quantitative estimate of drug-likeness (QED) is 0.754. The van der Waals surface area contributed by atoms with Gasteiger partial charge in [-0.1, -0.05) is 32.1 Å². The highest BCUT2D eigenvalue weighted by atomic mass is 32.2. The minimum atomic E-state index is -3.14. The molecule has 0 N–H and O–H groups in total. The topological polar surface area (TPSA) is 46.5 Å². The first-order valence-corrected chi connectivity index (χ1v) is 8.67. The van der Waals surface area contributed by atoms with Gasteiger partial charge in [-0.15, -0.1) is 0 Å². The van der Waals surface area contributed by atoms with E-state index in [2.05, 4.69) is 24.9 Å². The Morgan fingerprint density at radius 2 is 1.85 bits per heavy atom. The zero-order valence-corrected chi connectivity index (χ0v) is 13.4. The number of nitrogens with zero attached hydrogens (tertiary/aromatic N) is 1. The maximum atomic E-state index is 11.4. The fourth-order valence-electron chi connectivity index (χ4n) is 1.80. The summed E-state index contributed by atoms with van der Waals surface area (Å²) in [6, 6.07) is 6.84. The van der Waals surface area contributed by atoms with Crippen LogP contribution in [0.3, 0.4) is 0 Å². The predicted molar refractivity (Wildman–Crippen MR) is 85.2 cm³/mol. The van der Waals surface area contributed by atoms with Crippen molar-refractivity contribution < 1.29 is 8.42 Å². The Balaban J connectivity index is 2.82. The van der Waals surface area contributed by atoms with Crippen molar-refractivity contribution in [1.29, 1.82) is 0 Å². The molecule has 0 unspecified atom stereocenters. The summed E-state index contributed by atoms with van der Waals surface area (Å²) in [5, 5.41) is 0. The molecule has 4 heteroatoms. The first-order valence-electron chi connectivity index (χ1n) is 6.78. The number of allylic oxidation sites excluding steroid dienone is 2. The van der Waals surface area contributed by atoms with E-state index < -0.39 is 9.84 Å². The van der Waals surface area contributed by atoms with E-state index >= 15 is 0 Å². The van der Waals surface area contributed by atoms with Crippen molar-refractivity contribution in [3.63, 3.8) is 0 Å². The van der Waals surface area contributed by atoms with Crippen LogP contribution in [0.25, 0.3) is 0 Å². The Morgan fingerprint density at radius 1 is 1.25 bits per heavy atom. The molecule has 1 aromatic carbocycles.